The van der Waals surface area contributed by atoms with Gasteiger partial charge in [-0.1, -0.05) is 12.1 Å². The van der Waals surface area contributed by atoms with Crippen LogP contribution in [0.5, 0.6) is 0 Å². The summed E-state index contributed by atoms with van der Waals surface area (Å²) in [6.07, 6.45) is 3.37. The van der Waals surface area contributed by atoms with Crippen molar-refractivity contribution >= 4 is 28.5 Å². The summed E-state index contributed by atoms with van der Waals surface area (Å²) in [6.45, 7) is 4.25. The van der Waals surface area contributed by atoms with E-state index in [9.17, 15) is 4.79 Å². The third kappa shape index (κ3) is 3.50. The summed E-state index contributed by atoms with van der Waals surface area (Å²) in [7, 11) is 0. The second kappa shape index (κ2) is 6.10. The Bertz CT molecular complexity index is 596. The van der Waals surface area contributed by atoms with E-state index in [0.29, 0.717) is 12.1 Å². The summed E-state index contributed by atoms with van der Waals surface area (Å²) in [5.74, 6) is -0.0875. The first-order chi connectivity index (χ1) is 9.08. The fourth-order valence-corrected chi connectivity index (χ4v) is 2.20. The van der Waals surface area contributed by atoms with Crippen LogP contribution in [0, 0.1) is 17.4 Å². The lowest BCUT2D eigenvalue weighted by Crippen LogP contribution is -2.24. The average Bonchev–Trinajstić information content (AvgIpc) is 2.41. The molecule has 0 aliphatic heterocycles. The van der Waals surface area contributed by atoms with Gasteiger partial charge >= 0.3 is 0 Å². The molecule has 0 radical (unpaired) electrons. The molecule has 0 unspecified atom stereocenters. The van der Waals surface area contributed by atoms with Gasteiger partial charge in [0.1, 0.15) is 0 Å². The molecule has 1 aromatic heterocycles. The molecule has 1 aromatic carbocycles. The number of hydrogen-bond acceptors (Lipinski definition) is 3. The van der Waals surface area contributed by atoms with Crippen molar-refractivity contribution in [3.05, 3.63) is 56.7 Å². The molecule has 1 heterocycles. The number of nitrogens with one attached hydrogen (secondary N) is 1. The predicted octanol–water partition coefficient (Wildman–Crippen LogP) is 2.63. The van der Waals surface area contributed by atoms with E-state index in [4.69, 9.17) is 0 Å². The van der Waals surface area contributed by atoms with Crippen LogP contribution in [0.25, 0.3) is 0 Å². The molecule has 0 aliphatic rings. The van der Waals surface area contributed by atoms with E-state index in [-0.39, 0.29) is 5.91 Å². The van der Waals surface area contributed by atoms with Crippen LogP contribution in [0.2, 0.25) is 0 Å². The summed E-state index contributed by atoms with van der Waals surface area (Å²) in [4.78, 5) is 20.4. The van der Waals surface area contributed by atoms with E-state index in [0.717, 1.165) is 20.5 Å². The van der Waals surface area contributed by atoms with Crippen molar-refractivity contribution in [2.45, 2.75) is 20.4 Å². The van der Waals surface area contributed by atoms with Gasteiger partial charge in [0.2, 0.25) is 0 Å². The summed E-state index contributed by atoms with van der Waals surface area (Å²) < 4.78 is 0.979. The Kier molecular flexibility index (Phi) is 4.47. The standard InChI is InChI=1S/C14H14IN3O/c1-9-4-3-5-12(13(9)15)14(19)18-8-11-7-16-10(2)6-17-11/h3-7H,8H2,1-2H3,(H,18,19). The first kappa shape index (κ1) is 13.9. The molecule has 0 saturated carbocycles. The molecule has 0 aliphatic carbocycles. The zero-order chi connectivity index (χ0) is 13.8. The van der Waals surface area contributed by atoms with Crippen molar-refractivity contribution in [1.82, 2.24) is 15.3 Å². The van der Waals surface area contributed by atoms with Crippen LogP contribution in [0.1, 0.15) is 27.3 Å². The van der Waals surface area contributed by atoms with Gasteiger partial charge < -0.3 is 5.32 Å². The van der Waals surface area contributed by atoms with E-state index in [2.05, 4.69) is 37.9 Å². The van der Waals surface area contributed by atoms with E-state index in [1.54, 1.807) is 12.4 Å². The molecule has 2 rings (SSSR count). The molecule has 2 aromatic rings. The van der Waals surface area contributed by atoms with Gasteiger partial charge in [-0.25, -0.2) is 0 Å². The minimum absolute atomic E-state index is 0.0875. The van der Waals surface area contributed by atoms with Crippen LogP contribution in [-0.2, 0) is 6.54 Å². The fraction of sp³-hybridized carbons (Fsp3) is 0.214. The molecule has 0 bridgehead atoms. The molecule has 98 valence electrons. The van der Waals surface area contributed by atoms with Gasteiger partial charge in [-0.3, -0.25) is 14.8 Å². The molecular formula is C14H14IN3O. The van der Waals surface area contributed by atoms with Crippen molar-refractivity contribution in [2.75, 3.05) is 0 Å². The minimum atomic E-state index is -0.0875. The van der Waals surface area contributed by atoms with Crippen LogP contribution in [-0.4, -0.2) is 15.9 Å². The maximum absolute atomic E-state index is 12.1. The molecule has 5 heteroatoms. The number of carbonyl (C=O) groups excluding carboxylic acids is 1. The number of halogens is 1. The summed E-state index contributed by atoms with van der Waals surface area (Å²) in [6, 6.07) is 5.70. The van der Waals surface area contributed by atoms with E-state index in [1.807, 2.05) is 32.0 Å². The highest BCUT2D eigenvalue weighted by atomic mass is 127. The summed E-state index contributed by atoms with van der Waals surface area (Å²) in [5, 5.41) is 2.86. The Balaban J connectivity index is 2.05. The van der Waals surface area contributed by atoms with Crippen LogP contribution in [0.15, 0.2) is 30.6 Å². The highest BCUT2D eigenvalue weighted by molar-refractivity contribution is 14.1. The van der Waals surface area contributed by atoms with Crippen LogP contribution in [0.3, 0.4) is 0 Å². The molecule has 1 amide bonds. The van der Waals surface area contributed by atoms with E-state index >= 15 is 0 Å². The maximum Gasteiger partial charge on any atom is 0.252 e. The second-order valence-corrected chi connectivity index (χ2v) is 5.35. The van der Waals surface area contributed by atoms with Gasteiger partial charge in [0, 0.05) is 9.77 Å². The molecular weight excluding hydrogens is 353 g/mol. The summed E-state index contributed by atoms with van der Waals surface area (Å²) in [5.41, 5.74) is 3.41. The van der Waals surface area contributed by atoms with E-state index < -0.39 is 0 Å². The van der Waals surface area contributed by atoms with Crippen LogP contribution in [0.4, 0.5) is 0 Å². The molecule has 0 fully saturated rings. The lowest BCUT2D eigenvalue weighted by atomic mass is 10.1. The van der Waals surface area contributed by atoms with Gasteiger partial charge in [-0.05, 0) is 48.1 Å². The first-order valence-electron chi connectivity index (χ1n) is 5.89. The van der Waals surface area contributed by atoms with Gasteiger partial charge in [0.15, 0.2) is 0 Å². The zero-order valence-electron chi connectivity index (χ0n) is 10.8. The number of aryl methyl sites for hydroxylation is 2. The molecule has 0 saturated heterocycles. The maximum atomic E-state index is 12.1. The number of carbonyl (C=O) groups is 1. The average molecular weight is 367 g/mol. The lowest BCUT2D eigenvalue weighted by Gasteiger charge is -2.08. The van der Waals surface area contributed by atoms with Gasteiger partial charge in [0.05, 0.1) is 29.7 Å². The normalized spacial score (nSPS) is 10.3. The van der Waals surface area contributed by atoms with Crippen molar-refractivity contribution in [3.63, 3.8) is 0 Å². The van der Waals surface area contributed by atoms with E-state index in [1.165, 1.54) is 0 Å². The Hall–Kier alpha value is -1.50. The van der Waals surface area contributed by atoms with Crippen molar-refractivity contribution < 1.29 is 4.79 Å². The third-order valence-corrected chi connectivity index (χ3v) is 4.13. The first-order valence-corrected chi connectivity index (χ1v) is 6.96. The van der Waals surface area contributed by atoms with Crippen molar-refractivity contribution in [3.8, 4) is 0 Å². The Labute approximate surface area is 125 Å². The SMILES string of the molecule is Cc1cnc(CNC(=O)c2cccc(C)c2I)cn1. The number of hydrogen-bond donors (Lipinski definition) is 1. The molecule has 4 nitrogen and oxygen atoms in total. The summed E-state index contributed by atoms with van der Waals surface area (Å²) >= 11 is 2.19. The molecule has 1 N–H and O–H groups in total. The minimum Gasteiger partial charge on any atom is -0.346 e. The zero-order valence-corrected chi connectivity index (χ0v) is 12.9. The number of nitrogens with zero attached hydrogens (tertiary/aromatic N) is 2. The van der Waals surface area contributed by atoms with Gasteiger partial charge in [0.25, 0.3) is 5.91 Å². The topological polar surface area (TPSA) is 54.9 Å². The quantitative estimate of drug-likeness (QED) is 0.849. The van der Waals surface area contributed by atoms with Crippen LogP contribution < -0.4 is 5.32 Å². The fourth-order valence-electron chi connectivity index (χ4n) is 1.60. The Morgan fingerprint density at radius 3 is 2.74 bits per heavy atom. The van der Waals surface area contributed by atoms with Crippen molar-refractivity contribution in [2.24, 2.45) is 0 Å². The van der Waals surface area contributed by atoms with Gasteiger partial charge in [-0.2, -0.15) is 0 Å². The number of benzene rings is 1. The molecule has 0 atom stereocenters. The largest absolute Gasteiger partial charge is 0.346 e. The third-order valence-electron chi connectivity index (χ3n) is 2.70. The second-order valence-electron chi connectivity index (χ2n) is 4.27. The Morgan fingerprint density at radius 2 is 2.05 bits per heavy atom. The monoisotopic (exact) mass is 367 g/mol. The van der Waals surface area contributed by atoms with Gasteiger partial charge in [-0.15, -0.1) is 0 Å². The number of aromatic nitrogens is 2. The molecule has 0 spiro atoms. The highest BCUT2D eigenvalue weighted by Crippen LogP contribution is 2.16. The van der Waals surface area contributed by atoms with Crippen LogP contribution >= 0.6 is 22.6 Å². The predicted molar refractivity (Wildman–Crippen MR) is 81.8 cm³/mol. The smallest absolute Gasteiger partial charge is 0.252 e. The molecule has 19 heavy (non-hydrogen) atoms. The number of rotatable bonds is 3. The van der Waals surface area contributed by atoms with Crippen molar-refractivity contribution in [1.29, 1.82) is 0 Å². The lowest BCUT2D eigenvalue weighted by molar-refractivity contribution is 0.0949. The Morgan fingerprint density at radius 1 is 1.26 bits per heavy atom. The number of amides is 1. The highest BCUT2D eigenvalue weighted by Gasteiger charge is 2.10.